The van der Waals surface area contributed by atoms with E-state index >= 15 is 0 Å². The average Bonchev–Trinajstić information content (AvgIpc) is 2.67. The normalized spacial score (nSPS) is 11.5. The summed E-state index contributed by atoms with van der Waals surface area (Å²) in [5.41, 5.74) is 5.75. The third kappa shape index (κ3) is 4.29. The molecule has 5 heteroatoms. The van der Waals surface area contributed by atoms with Crippen molar-refractivity contribution in [2.45, 2.75) is 26.8 Å². The molecule has 0 fully saturated rings. The van der Waals surface area contributed by atoms with Gasteiger partial charge in [-0.25, -0.2) is 0 Å². The number of halogens is 1. The van der Waals surface area contributed by atoms with E-state index < -0.39 is 0 Å². The Kier molecular flexibility index (Phi) is 5.91. The van der Waals surface area contributed by atoms with Gasteiger partial charge in [-0.1, -0.05) is 29.8 Å². The molecule has 0 saturated carbocycles. The number of aryl methyl sites for hydroxylation is 3. The van der Waals surface area contributed by atoms with E-state index in [4.69, 9.17) is 5.26 Å². The number of nitrogens with one attached hydrogen (secondary N) is 1. The van der Waals surface area contributed by atoms with Crippen molar-refractivity contribution in [1.29, 1.82) is 5.26 Å². The Labute approximate surface area is 173 Å². The Balaban J connectivity index is 1.99. The van der Waals surface area contributed by atoms with Crippen molar-refractivity contribution < 1.29 is 4.79 Å². The Hall–Kier alpha value is -2.97. The monoisotopic (exact) mass is 433 g/mol. The van der Waals surface area contributed by atoms with E-state index in [1.165, 1.54) is 0 Å². The first-order chi connectivity index (χ1) is 13.4. The Morgan fingerprint density at radius 1 is 1.07 bits per heavy atom. The van der Waals surface area contributed by atoms with Gasteiger partial charge in [0.1, 0.15) is 0 Å². The molecule has 2 aromatic carbocycles. The lowest BCUT2D eigenvalue weighted by molar-refractivity contribution is 0.0942. The first-order valence-electron chi connectivity index (χ1n) is 8.89. The highest BCUT2D eigenvalue weighted by molar-refractivity contribution is 9.10. The maximum atomic E-state index is 13.0. The minimum absolute atomic E-state index is 0.206. The van der Waals surface area contributed by atoms with Crippen molar-refractivity contribution in [2.24, 2.45) is 0 Å². The number of aromatic nitrogens is 1. The highest BCUT2D eigenvalue weighted by Crippen LogP contribution is 2.26. The smallest absolute Gasteiger partial charge is 0.252 e. The van der Waals surface area contributed by atoms with Crippen LogP contribution in [-0.4, -0.2) is 10.9 Å². The summed E-state index contributed by atoms with van der Waals surface area (Å²) in [5, 5.41) is 12.2. The summed E-state index contributed by atoms with van der Waals surface area (Å²) < 4.78 is 0.894. The van der Waals surface area contributed by atoms with Crippen molar-refractivity contribution >= 4 is 21.8 Å². The lowest BCUT2D eigenvalue weighted by Gasteiger charge is -2.21. The van der Waals surface area contributed by atoms with Crippen LogP contribution in [-0.2, 0) is 0 Å². The fraction of sp³-hybridized carbons (Fsp3) is 0.174. The molecule has 0 saturated heterocycles. The van der Waals surface area contributed by atoms with Gasteiger partial charge in [0, 0.05) is 16.2 Å². The number of pyridine rings is 1. The van der Waals surface area contributed by atoms with Crippen LogP contribution in [0.3, 0.4) is 0 Å². The predicted molar refractivity (Wildman–Crippen MR) is 113 cm³/mol. The van der Waals surface area contributed by atoms with Gasteiger partial charge in [0.05, 0.1) is 23.4 Å². The van der Waals surface area contributed by atoms with E-state index in [2.05, 4.69) is 32.3 Å². The van der Waals surface area contributed by atoms with Gasteiger partial charge in [-0.3, -0.25) is 9.78 Å². The zero-order chi connectivity index (χ0) is 20.3. The van der Waals surface area contributed by atoms with Crippen LogP contribution in [0, 0.1) is 32.1 Å². The summed E-state index contributed by atoms with van der Waals surface area (Å²) in [4.78, 5) is 17.5. The molecule has 28 heavy (non-hydrogen) atoms. The van der Waals surface area contributed by atoms with Gasteiger partial charge in [-0.2, -0.15) is 5.26 Å². The van der Waals surface area contributed by atoms with Crippen molar-refractivity contribution in [3.8, 4) is 6.07 Å². The summed E-state index contributed by atoms with van der Waals surface area (Å²) in [6.07, 6.45) is 1.74. The molecule has 0 aliphatic carbocycles. The highest BCUT2D eigenvalue weighted by atomic mass is 79.9. The van der Waals surface area contributed by atoms with Crippen LogP contribution < -0.4 is 5.32 Å². The minimum atomic E-state index is -0.378. The van der Waals surface area contributed by atoms with Gasteiger partial charge in [0.2, 0.25) is 0 Å². The number of carbonyl (C=O) groups is 1. The molecular formula is C23H20BrN3O. The van der Waals surface area contributed by atoms with Crippen LogP contribution in [0.25, 0.3) is 0 Å². The quantitative estimate of drug-likeness (QED) is 0.617. The lowest BCUT2D eigenvalue weighted by Crippen LogP contribution is -2.30. The van der Waals surface area contributed by atoms with E-state index in [1.807, 2.05) is 51.1 Å². The fourth-order valence-corrected chi connectivity index (χ4v) is 3.51. The molecule has 0 spiro atoms. The summed E-state index contributed by atoms with van der Waals surface area (Å²) in [6, 6.07) is 16.9. The van der Waals surface area contributed by atoms with E-state index in [1.54, 1.807) is 24.4 Å². The molecule has 0 aliphatic heterocycles. The van der Waals surface area contributed by atoms with Crippen molar-refractivity contribution in [2.75, 3.05) is 0 Å². The Bertz CT molecular complexity index is 1070. The topological polar surface area (TPSA) is 65.8 Å². The first kappa shape index (κ1) is 19.8. The van der Waals surface area contributed by atoms with Gasteiger partial charge in [-0.15, -0.1) is 0 Å². The maximum Gasteiger partial charge on any atom is 0.252 e. The maximum absolute atomic E-state index is 13.0. The molecule has 4 nitrogen and oxygen atoms in total. The van der Waals surface area contributed by atoms with E-state index in [0.29, 0.717) is 11.1 Å². The molecule has 3 rings (SSSR count). The third-order valence-electron chi connectivity index (χ3n) is 4.65. The molecule has 1 N–H and O–H groups in total. The second-order valence-electron chi connectivity index (χ2n) is 6.81. The first-order valence-corrected chi connectivity index (χ1v) is 9.68. The molecule has 1 amide bonds. The van der Waals surface area contributed by atoms with Crippen molar-refractivity contribution in [3.05, 3.63) is 98.3 Å². The summed E-state index contributed by atoms with van der Waals surface area (Å²) in [7, 11) is 0. The molecule has 140 valence electrons. The number of rotatable bonds is 4. The van der Waals surface area contributed by atoms with E-state index in [9.17, 15) is 4.79 Å². The Morgan fingerprint density at radius 2 is 1.79 bits per heavy atom. The lowest BCUT2D eigenvalue weighted by atomic mass is 9.98. The Morgan fingerprint density at radius 3 is 2.39 bits per heavy atom. The van der Waals surface area contributed by atoms with E-state index in [0.717, 1.165) is 32.4 Å². The molecular weight excluding hydrogens is 414 g/mol. The average molecular weight is 434 g/mol. The summed E-state index contributed by atoms with van der Waals surface area (Å²) in [6.45, 7) is 5.83. The number of nitriles is 1. The zero-order valence-electron chi connectivity index (χ0n) is 16.0. The van der Waals surface area contributed by atoms with Crippen LogP contribution in [0.4, 0.5) is 0 Å². The van der Waals surface area contributed by atoms with Crippen LogP contribution in [0.1, 0.15) is 49.9 Å². The molecule has 1 aromatic heterocycles. The molecule has 1 heterocycles. The molecule has 0 radical (unpaired) electrons. The van der Waals surface area contributed by atoms with Crippen molar-refractivity contribution in [1.82, 2.24) is 10.3 Å². The minimum Gasteiger partial charge on any atom is -0.340 e. The third-order valence-corrected chi connectivity index (χ3v) is 5.09. The van der Waals surface area contributed by atoms with Gasteiger partial charge in [0.15, 0.2) is 0 Å². The SMILES string of the molecule is Cc1ccc(C(NC(=O)c2ccc(C#N)c(C)c2)c2ncc(Br)cc2C)cc1. The van der Waals surface area contributed by atoms with Crippen LogP contribution in [0.5, 0.6) is 0 Å². The second kappa shape index (κ2) is 8.37. The fourth-order valence-electron chi connectivity index (χ4n) is 3.07. The number of hydrogen-bond acceptors (Lipinski definition) is 3. The molecule has 3 aromatic rings. The molecule has 0 bridgehead atoms. The number of amides is 1. The van der Waals surface area contributed by atoms with Gasteiger partial charge >= 0.3 is 0 Å². The number of nitrogens with zero attached hydrogens (tertiary/aromatic N) is 2. The molecule has 0 aliphatic rings. The predicted octanol–water partition coefficient (Wildman–Crippen LogP) is 5.16. The van der Waals surface area contributed by atoms with Gasteiger partial charge in [-0.05, 0) is 77.7 Å². The molecule has 1 unspecified atom stereocenters. The number of carbonyl (C=O) groups excluding carboxylic acids is 1. The van der Waals surface area contributed by atoms with Crippen LogP contribution in [0.2, 0.25) is 0 Å². The van der Waals surface area contributed by atoms with E-state index in [-0.39, 0.29) is 11.9 Å². The largest absolute Gasteiger partial charge is 0.340 e. The number of hydrogen-bond donors (Lipinski definition) is 1. The number of benzene rings is 2. The van der Waals surface area contributed by atoms with Crippen LogP contribution in [0.15, 0.2) is 59.2 Å². The van der Waals surface area contributed by atoms with Gasteiger partial charge < -0.3 is 5.32 Å². The highest BCUT2D eigenvalue weighted by Gasteiger charge is 2.21. The second-order valence-corrected chi connectivity index (χ2v) is 7.73. The zero-order valence-corrected chi connectivity index (χ0v) is 17.5. The molecule has 1 atom stereocenters. The standard InChI is InChI=1S/C23H20BrN3O/c1-14-4-6-17(7-5-14)22(21-16(3)11-20(24)13-26-21)27-23(28)18-8-9-19(12-25)15(2)10-18/h4-11,13,22H,1-3H3,(H,27,28). The van der Waals surface area contributed by atoms with Crippen molar-refractivity contribution in [3.63, 3.8) is 0 Å². The van der Waals surface area contributed by atoms with Crippen LogP contribution >= 0.6 is 15.9 Å². The summed E-state index contributed by atoms with van der Waals surface area (Å²) >= 11 is 3.44. The summed E-state index contributed by atoms with van der Waals surface area (Å²) in [5.74, 6) is -0.206. The van der Waals surface area contributed by atoms with Gasteiger partial charge in [0.25, 0.3) is 5.91 Å².